The van der Waals surface area contributed by atoms with Crippen molar-refractivity contribution in [3.05, 3.63) is 59.4 Å². The maximum atomic E-state index is 14.0. The predicted octanol–water partition coefficient (Wildman–Crippen LogP) is 3.61. The first-order chi connectivity index (χ1) is 11.7. The van der Waals surface area contributed by atoms with Crippen molar-refractivity contribution in [1.82, 2.24) is 5.32 Å². The second kappa shape index (κ2) is 7.34. The molecule has 0 aliphatic heterocycles. The Morgan fingerprint density at radius 2 is 1.76 bits per heavy atom. The van der Waals surface area contributed by atoms with Crippen molar-refractivity contribution in [2.45, 2.75) is 26.3 Å². The number of halogens is 1. The lowest BCUT2D eigenvalue weighted by atomic mass is 10.1. The Morgan fingerprint density at radius 1 is 1.04 bits per heavy atom. The summed E-state index contributed by atoms with van der Waals surface area (Å²) < 4.78 is 18.9. The standard InChI is InChI=1S/C19H21FN2O3/c1-19(2,3)22-17(23)12-6-5-7-13(10-12)21-18(24)15-9-8-14(25-4)11-16(15)20/h5-11H,1-4H3,(H,21,24)(H,22,23). The Labute approximate surface area is 146 Å². The number of ether oxygens (including phenoxy) is 1. The van der Waals surface area contributed by atoms with E-state index in [0.29, 0.717) is 17.0 Å². The highest BCUT2D eigenvalue weighted by Gasteiger charge is 2.17. The van der Waals surface area contributed by atoms with Crippen LogP contribution in [-0.2, 0) is 0 Å². The molecule has 0 aliphatic carbocycles. The van der Waals surface area contributed by atoms with E-state index < -0.39 is 11.7 Å². The molecule has 0 saturated heterocycles. The first-order valence-corrected chi connectivity index (χ1v) is 7.77. The fraction of sp³-hybridized carbons (Fsp3) is 0.263. The molecule has 6 heteroatoms. The van der Waals surface area contributed by atoms with Crippen LogP contribution in [0.25, 0.3) is 0 Å². The molecule has 132 valence electrons. The summed E-state index contributed by atoms with van der Waals surface area (Å²) in [5.41, 5.74) is 0.331. The Hall–Kier alpha value is -2.89. The third-order valence-electron chi connectivity index (χ3n) is 3.29. The first-order valence-electron chi connectivity index (χ1n) is 7.77. The molecule has 2 rings (SSSR count). The van der Waals surface area contributed by atoms with Gasteiger partial charge in [-0.1, -0.05) is 6.07 Å². The molecule has 25 heavy (non-hydrogen) atoms. The van der Waals surface area contributed by atoms with Crippen LogP contribution < -0.4 is 15.4 Å². The van der Waals surface area contributed by atoms with Gasteiger partial charge >= 0.3 is 0 Å². The molecule has 0 heterocycles. The van der Waals surface area contributed by atoms with Crippen molar-refractivity contribution in [2.75, 3.05) is 12.4 Å². The quantitative estimate of drug-likeness (QED) is 0.890. The van der Waals surface area contributed by atoms with E-state index in [-0.39, 0.29) is 17.0 Å². The minimum Gasteiger partial charge on any atom is -0.497 e. The summed E-state index contributed by atoms with van der Waals surface area (Å²) >= 11 is 0. The van der Waals surface area contributed by atoms with E-state index >= 15 is 0 Å². The van der Waals surface area contributed by atoms with Gasteiger partial charge in [-0.15, -0.1) is 0 Å². The molecular weight excluding hydrogens is 323 g/mol. The molecule has 0 radical (unpaired) electrons. The SMILES string of the molecule is COc1ccc(C(=O)Nc2cccc(C(=O)NC(C)(C)C)c2)c(F)c1. The first kappa shape index (κ1) is 18.4. The highest BCUT2D eigenvalue weighted by atomic mass is 19.1. The minimum atomic E-state index is -0.682. The van der Waals surface area contributed by atoms with E-state index in [4.69, 9.17) is 4.74 Å². The average molecular weight is 344 g/mol. The molecule has 2 N–H and O–H groups in total. The minimum absolute atomic E-state index is 0.106. The van der Waals surface area contributed by atoms with E-state index in [0.717, 1.165) is 6.07 Å². The Morgan fingerprint density at radius 3 is 2.36 bits per heavy atom. The fourth-order valence-corrected chi connectivity index (χ4v) is 2.16. The molecule has 2 amide bonds. The van der Waals surface area contributed by atoms with E-state index in [1.54, 1.807) is 24.3 Å². The van der Waals surface area contributed by atoms with Crippen molar-refractivity contribution in [3.8, 4) is 5.75 Å². The lowest BCUT2D eigenvalue weighted by molar-refractivity contribution is 0.0918. The number of anilines is 1. The van der Waals surface area contributed by atoms with E-state index in [2.05, 4.69) is 10.6 Å². The number of amides is 2. The van der Waals surface area contributed by atoms with Crippen LogP contribution in [0.15, 0.2) is 42.5 Å². The van der Waals surface area contributed by atoms with Gasteiger partial charge in [0.15, 0.2) is 0 Å². The molecule has 0 aromatic heterocycles. The molecule has 0 aliphatic rings. The predicted molar refractivity (Wildman–Crippen MR) is 94.6 cm³/mol. The second-order valence-electron chi connectivity index (χ2n) is 6.58. The number of methoxy groups -OCH3 is 1. The van der Waals surface area contributed by atoms with Crippen LogP contribution in [0.5, 0.6) is 5.75 Å². The normalized spacial score (nSPS) is 10.9. The molecule has 5 nitrogen and oxygen atoms in total. The van der Waals surface area contributed by atoms with Crippen molar-refractivity contribution in [1.29, 1.82) is 0 Å². The summed E-state index contributed by atoms with van der Waals surface area (Å²) in [7, 11) is 1.42. The zero-order chi connectivity index (χ0) is 18.6. The van der Waals surface area contributed by atoms with Crippen LogP contribution in [0.4, 0.5) is 10.1 Å². The molecule has 2 aromatic rings. The Bertz CT molecular complexity index is 797. The van der Waals surface area contributed by atoms with Gasteiger partial charge in [-0.3, -0.25) is 9.59 Å². The van der Waals surface area contributed by atoms with E-state index in [1.165, 1.54) is 19.2 Å². The van der Waals surface area contributed by atoms with Crippen molar-refractivity contribution in [2.24, 2.45) is 0 Å². The van der Waals surface area contributed by atoms with Gasteiger partial charge in [-0.2, -0.15) is 0 Å². The van der Waals surface area contributed by atoms with Crippen molar-refractivity contribution in [3.63, 3.8) is 0 Å². The van der Waals surface area contributed by atoms with Crippen LogP contribution in [0.1, 0.15) is 41.5 Å². The van der Waals surface area contributed by atoms with Crippen LogP contribution in [-0.4, -0.2) is 24.5 Å². The fourth-order valence-electron chi connectivity index (χ4n) is 2.16. The van der Waals surface area contributed by atoms with Gasteiger partial charge in [-0.25, -0.2) is 4.39 Å². The summed E-state index contributed by atoms with van der Waals surface area (Å²) in [4.78, 5) is 24.4. The lowest BCUT2D eigenvalue weighted by Gasteiger charge is -2.20. The lowest BCUT2D eigenvalue weighted by Crippen LogP contribution is -2.40. The van der Waals surface area contributed by atoms with Crippen LogP contribution in [0.2, 0.25) is 0 Å². The summed E-state index contributed by atoms with van der Waals surface area (Å²) in [6, 6.07) is 10.5. The third-order valence-corrected chi connectivity index (χ3v) is 3.29. The second-order valence-corrected chi connectivity index (χ2v) is 6.58. The van der Waals surface area contributed by atoms with Gasteiger partial charge in [0.05, 0.1) is 12.7 Å². The number of benzene rings is 2. The maximum absolute atomic E-state index is 14.0. The van der Waals surface area contributed by atoms with Gasteiger partial charge < -0.3 is 15.4 Å². The topological polar surface area (TPSA) is 67.4 Å². The molecular formula is C19H21FN2O3. The van der Waals surface area contributed by atoms with Gasteiger partial charge in [0.25, 0.3) is 11.8 Å². The summed E-state index contributed by atoms with van der Waals surface area (Å²) in [6.07, 6.45) is 0. The molecule has 2 aromatic carbocycles. The van der Waals surface area contributed by atoms with E-state index in [1.807, 2.05) is 20.8 Å². The number of rotatable bonds is 4. The van der Waals surface area contributed by atoms with Gasteiger partial charge in [-0.05, 0) is 51.1 Å². The number of carbonyl (C=O) groups excluding carboxylic acids is 2. The largest absolute Gasteiger partial charge is 0.497 e. The number of hydrogen-bond donors (Lipinski definition) is 2. The highest BCUT2D eigenvalue weighted by Crippen LogP contribution is 2.18. The smallest absolute Gasteiger partial charge is 0.258 e. The van der Waals surface area contributed by atoms with Crippen molar-refractivity contribution >= 4 is 17.5 Å². The summed E-state index contributed by atoms with van der Waals surface area (Å²) in [6.45, 7) is 5.63. The van der Waals surface area contributed by atoms with Gasteiger partial charge in [0.1, 0.15) is 11.6 Å². The molecule has 0 saturated carbocycles. The molecule has 0 bridgehead atoms. The Kier molecular flexibility index (Phi) is 5.41. The zero-order valence-electron chi connectivity index (χ0n) is 14.6. The highest BCUT2D eigenvalue weighted by molar-refractivity contribution is 6.05. The number of carbonyl (C=O) groups is 2. The van der Waals surface area contributed by atoms with Crippen molar-refractivity contribution < 1.29 is 18.7 Å². The molecule has 0 fully saturated rings. The summed E-state index contributed by atoms with van der Waals surface area (Å²) in [5.74, 6) is -1.21. The molecule has 0 spiro atoms. The molecule has 0 unspecified atom stereocenters. The summed E-state index contributed by atoms with van der Waals surface area (Å²) in [5, 5.41) is 5.44. The molecule has 0 atom stereocenters. The zero-order valence-corrected chi connectivity index (χ0v) is 14.6. The number of hydrogen-bond acceptors (Lipinski definition) is 3. The van der Waals surface area contributed by atoms with E-state index in [9.17, 15) is 14.0 Å². The van der Waals surface area contributed by atoms with Crippen LogP contribution >= 0.6 is 0 Å². The van der Waals surface area contributed by atoms with Crippen LogP contribution in [0.3, 0.4) is 0 Å². The number of nitrogens with one attached hydrogen (secondary N) is 2. The van der Waals surface area contributed by atoms with Gasteiger partial charge in [0.2, 0.25) is 0 Å². The Balaban J connectivity index is 2.16. The third kappa shape index (κ3) is 5.04. The average Bonchev–Trinajstić information content (AvgIpc) is 2.53. The monoisotopic (exact) mass is 344 g/mol. The maximum Gasteiger partial charge on any atom is 0.258 e. The van der Waals surface area contributed by atoms with Crippen LogP contribution in [0, 0.1) is 5.82 Å². The van der Waals surface area contributed by atoms with Gasteiger partial charge in [0, 0.05) is 22.9 Å².